The summed E-state index contributed by atoms with van der Waals surface area (Å²) in [6.45, 7) is 5.34. The molecule has 1 fully saturated rings. The van der Waals surface area contributed by atoms with Crippen LogP contribution >= 0.6 is 0 Å². The molecule has 0 aromatic rings. The summed E-state index contributed by atoms with van der Waals surface area (Å²) in [6.07, 6.45) is 4.15. The van der Waals surface area contributed by atoms with Crippen molar-refractivity contribution in [3.8, 4) is 0 Å². The largest absolute Gasteiger partial charge is 0.371 e. The van der Waals surface area contributed by atoms with Crippen molar-refractivity contribution in [1.29, 1.82) is 0 Å². The van der Waals surface area contributed by atoms with Crippen LogP contribution in [-0.4, -0.2) is 25.3 Å². The molecule has 0 radical (unpaired) electrons. The van der Waals surface area contributed by atoms with E-state index in [9.17, 15) is 0 Å². The molecule has 1 aliphatic heterocycles. The van der Waals surface area contributed by atoms with Crippen molar-refractivity contribution >= 4 is 0 Å². The van der Waals surface area contributed by atoms with Gasteiger partial charge in [-0.05, 0) is 40.2 Å². The van der Waals surface area contributed by atoms with Gasteiger partial charge >= 0.3 is 0 Å². The van der Waals surface area contributed by atoms with Crippen molar-refractivity contribution in [3.63, 3.8) is 0 Å². The van der Waals surface area contributed by atoms with E-state index in [2.05, 4.69) is 19.2 Å². The van der Waals surface area contributed by atoms with Crippen LogP contribution in [0.2, 0.25) is 0 Å². The van der Waals surface area contributed by atoms with E-state index in [1.54, 1.807) is 0 Å². The number of ether oxygens (including phenoxy) is 1. The number of nitrogens with one attached hydrogen (secondary N) is 1. The van der Waals surface area contributed by atoms with Gasteiger partial charge in [0.25, 0.3) is 0 Å². The van der Waals surface area contributed by atoms with E-state index in [4.69, 9.17) is 4.74 Å². The fourth-order valence-electron chi connectivity index (χ4n) is 1.70. The molecule has 66 valence electrons. The lowest BCUT2D eigenvalue weighted by atomic mass is 9.95. The Morgan fingerprint density at radius 3 is 2.82 bits per heavy atom. The first kappa shape index (κ1) is 9.01. The maximum atomic E-state index is 5.85. The Balaban J connectivity index is 2.34. The van der Waals surface area contributed by atoms with Crippen LogP contribution in [-0.2, 0) is 4.74 Å². The van der Waals surface area contributed by atoms with E-state index >= 15 is 0 Å². The summed E-state index contributed by atoms with van der Waals surface area (Å²) in [4.78, 5) is 0. The van der Waals surface area contributed by atoms with Crippen molar-refractivity contribution in [2.24, 2.45) is 0 Å². The van der Waals surface area contributed by atoms with Gasteiger partial charge in [0.1, 0.15) is 0 Å². The van der Waals surface area contributed by atoms with E-state index in [0.29, 0.717) is 6.10 Å². The Bertz CT molecular complexity index is 121. The van der Waals surface area contributed by atoms with E-state index in [-0.39, 0.29) is 5.60 Å². The van der Waals surface area contributed by atoms with Crippen LogP contribution in [0, 0.1) is 0 Å². The Morgan fingerprint density at radius 1 is 1.55 bits per heavy atom. The smallest absolute Gasteiger partial charge is 0.0706 e. The van der Waals surface area contributed by atoms with Gasteiger partial charge in [-0.15, -0.1) is 0 Å². The summed E-state index contributed by atoms with van der Waals surface area (Å²) >= 11 is 0. The molecule has 2 nitrogen and oxygen atoms in total. The Kier molecular flexibility index (Phi) is 2.90. The maximum absolute atomic E-state index is 5.85. The standard InChI is InChI=1S/C9H19NO/c1-9(2)6-4-5-8(11-9)7-10-3/h8,10H,4-7H2,1-3H3. The van der Waals surface area contributed by atoms with Crippen LogP contribution in [0.25, 0.3) is 0 Å². The normalized spacial score (nSPS) is 30.3. The monoisotopic (exact) mass is 157 g/mol. The molecule has 0 aliphatic carbocycles. The van der Waals surface area contributed by atoms with Crippen LogP contribution < -0.4 is 5.32 Å². The third-order valence-corrected chi connectivity index (χ3v) is 2.22. The van der Waals surface area contributed by atoms with Crippen LogP contribution in [0.3, 0.4) is 0 Å². The topological polar surface area (TPSA) is 21.3 Å². The van der Waals surface area contributed by atoms with Crippen LogP contribution in [0.1, 0.15) is 33.1 Å². The summed E-state index contributed by atoms with van der Waals surface area (Å²) in [5.74, 6) is 0. The average molecular weight is 157 g/mol. The van der Waals surface area contributed by atoms with Gasteiger partial charge in [-0.3, -0.25) is 0 Å². The highest BCUT2D eigenvalue weighted by Crippen LogP contribution is 2.27. The zero-order chi connectivity index (χ0) is 8.32. The molecule has 0 amide bonds. The summed E-state index contributed by atoms with van der Waals surface area (Å²) in [5.41, 5.74) is 0.111. The molecule has 0 bridgehead atoms. The quantitative estimate of drug-likeness (QED) is 0.656. The molecule has 1 N–H and O–H groups in total. The zero-order valence-electron chi connectivity index (χ0n) is 7.81. The van der Waals surface area contributed by atoms with Crippen LogP contribution in [0.5, 0.6) is 0 Å². The summed E-state index contributed by atoms with van der Waals surface area (Å²) in [6, 6.07) is 0. The zero-order valence-corrected chi connectivity index (χ0v) is 7.81. The third-order valence-electron chi connectivity index (χ3n) is 2.22. The van der Waals surface area contributed by atoms with Gasteiger partial charge in [0, 0.05) is 6.54 Å². The number of rotatable bonds is 2. The number of hydrogen-bond donors (Lipinski definition) is 1. The molecule has 1 aliphatic rings. The highest BCUT2D eigenvalue weighted by molar-refractivity contribution is 4.78. The van der Waals surface area contributed by atoms with Crippen molar-refractivity contribution in [3.05, 3.63) is 0 Å². The minimum atomic E-state index is 0.111. The highest BCUT2D eigenvalue weighted by atomic mass is 16.5. The van der Waals surface area contributed by atoms with Gasteiger partial charge in [0.2, 0.25) is 0 Å². The van der Waals surface area contributed by atoms with Crippen molar-refractivity contribution in [2.45, 2.75) is 44.8 Å². The lowest BCUT2D eigenvalue weighted by molar-refractivity contribution is -0.104. The second-order valence-corrected chi connectivity index (χ2v) is 3.95. The average Bonchev–Trinajstić information content (AvgIpc) is 1.85. The van der Waals surface area contributed by atoms with E-state index in [0.717, 1.165) is 6.54 Å². The van der Waals surface area contributed by atoms with Crippen molar-refractivity contribution in [2.75, 3.05) is 13.6 Å². The van der Waals surface area contributed by atoms with Gasteiger partial charge in [-0.2, -0.15) is 0 Å². The fourth-order valence-corrected chi connectivity index (χ4v) is 1.70. The molecule has 1 rings (SSSR count). The van der Waals surface area contributed by atoms with Crippen molar-refractivity contribution in [1.82, 2.24) is 5.32 Å². The van der Waals surface area contributed by atoms with Crippen LogP contribution in [0.15, 0.2) is 0 Å². The Hall–Kier alpha value is -0.0800. The minimum absolute atomic E-state index is 0.111. The van der Waals surface area contributed by atoms with E-state index < -0.39 is 0 Å². The summed E-state index contributed by atoms with van der Waals surface area (Å²) in [7, 11) is 1.98. The molecule has 0 aromatic carbocycles. The number of likely N-dealkylation sites (N-methyl/N-ethyl adjacent to an activating group) is 1. The van der Waals surface area contributed by atoms with Gasteiger partial charge < -0.3 is 10.1 Å². The first-order valence-electron chi connectivity index (χ1n) is 4.46. The predicted molar refractivity (Wildman–Crippen MR) is 46.7 cm³/mol. The predicted octanol–water partition coefficient (Wildman–Crippen LogP) is 1.55. The molecule has 1 heterocycles. The second kappa shape index (κ2) is 3.55. The fraction of sp³-hybridized carbons (Fsp3) is 1.00. The maximum Gasteiger partial charge on any atom is 0.0706 e. The molecule has 1 unspecified atom stereocenters. The lowest BCUT2D eigenvalue weighted by Crippen LogP contribution is -2.39. The van der Waals surface area contributed by atoms with Gasteiger partial charge in [0.15, 0.2) is 0 Å². The minimum Gasteiger partial charge on any atom is -0.371 e. The SMILES string of the molecule is CNCC1CCCC(C)(C)O1. The molecular weight excluding hydrogens is 138 g/mol. The molecule has 1 saturated heterocycles. The summed E-state index contributed by atoms with van der Waals surface area (Å²) < 4.78 is 5.85. The first-order valence-corrected chi connectivity index (χ1v) is 4.46. The lowest BCUT2D eigenvalue weighted by Gasteiger charge is -2.35. The molecule has 2 heteroatoms. The molecule has 1 atom stereocenters. The Morgan fingerprint density at radius 2 is 2.27 bits per heavy atom. The van der Waals surface area contributed by atoms with Gasteiger partial charge in [0.05, 0.1) is 11.7 Å². The third kappa shape index (κ3) is 2.80. The second-order valence-electron chi connectivity index (χ2n) is 3.95. The molecule has 0 saturated carbocycles. The molecule has 11 heavy (non-hydrogen) atoms. The molecular formula is C9H19NO. The van der Waals surface area contributed by atoms with Gasteiger partial charge in [-0.25, -0.2) is 0 Å². The van der Waals surface area contributed by atoms with Gasteiger partial charge in [-0.1, -0.05) is 0 Å². The van der Waals surface area contributed by atoms with Crippen LogP contribution in [0.4, 0.5) is 0 Å². The highest BCUT2D eigenvalue weighted by Gasteiger charge is 2.27. The number of hydrogen-bond acceptors (Lipinski definition) is 2. The first-order chi connectivity index (χ1) is 5.14. The molecule has 0 aromatic heterocycles. The molecule has 0 spiro atoms. The Labute approximate surface area is 69.3 Å². The van der Waals surface area contributed by atoms with E-state index in [1.165, 1.54) is 19.3 Å². The van der Waals surface area contributed by atoms with Crippen molar-refractivity contribution < 1.29 is 4.74 Å². The summed E-state index contributed by atoms with van der Waals surface area (Å²) in [5, 5.41) is 3.15. The van der Waals surface area contributed by atoms with E-state index in [1.807, 2.05) is 7.05 Å².